The number of benzene rings is 1. The van der Waals surface area contributed by atoms with Crippen LogP contribution in [0.4, 0.5) is 0 Å². The van der Waals surface area contributed by atoms with Crippen molar-refractivity contribution in [1.82, 2.24) is 0 Å². The predicted octanol–water partition coefficient (Wildman–Crippen LogP) is 3.99. The summed E-state index contributed by atoms with van der Waals surface area (Å²) < 4.78 is 16.7. The van der Waals surface area contributed by atoms with Crippen molar-refractivity contribution in [2.24, 2.45) is 0 Å². The molecule has 0 bridgehead atoms. The van der Waals surface area contributed by atoms with Crippen LogP contribution in [0.2, 0.25) is 0 Å². The fourth-order valence-corrected chi connectivity index (χ4v) is 2.82. The maximum Gasteiger partial charge on any atom is 0.128 e. The second kappa shape index (κ2) is 8.02. The van der Waals surface area contributed by atoms with Crippen LogP contribution in [0.15, 0.2) is 24.3 Å². The molecule has 0 spiro atoms. The first-order valence-corrected chi connectivity index (χ1v) is 8.10. The molecule has 0 amide bonds. The van der Waals surface area contributed by atoms with Crippen molar-refractivity contribution >= 4 is 11.6 Å². The number of hydrogen-bond acceptors (Lipinski definition) is 3. The molecule has 0 aliphatic heterocycles. The molecule has 21 heavy (non-hydrogen) atoms. The van der Waals surface area contributed by atoms with Gasteiger partial charge in [-0.3, -0.25) is 0 Å². The number of rotatable bonds is 8. The highest BCUT2D eigenvalue weighted by atomic mass is 35.5. The first kappa shape index (κ1) is 16.6. The van der Waals surface area contributed by atoms with Crippen LogP contribution in [0, 0.1) is 0 Å². The Morgan fingerprint density at radius 3 is 2.52 bits per heavy atom. The summed E-state index contributed by atoms with van der Waals surface area (Å²) in [6, 6.07) is 8.35. The summed E-state index contributed by atoms with van der Waals surface area (Å²) in [5.74, 6) is 1.47. The Hall–Kier alpha value is -0.770. The first-order chi connectivity index (χ1) is 10.2. The molecule has 1 aliphatic carbocycles. The van der Waals surface area contributed by atoms with Gasteiger partial charge in [-0.25, -0.2) is 0 Å². The summed E-state index contributed by atoms with van der Waals surface area (Å²) >= 11 is 6.19. The zero-order chi connectivity index (χ0) is 15.2. The molecule has 1 aliphatic rings. The molecule has 0 saturated heterocycles. The summed E-state index contributed by atoms with van der Waals surface area (Å²) in [6.07, 6.45) is 1.97. The molecule has 0 heterocycles. The molecule has 4 heteroatoms. The molecule has 4 atom stereocenters. The molecule has 1 fully saturated rings. The van der Waals surface area contributed by atoms with Gasteiger partial charge in [-0.15, -0.1) is 11.6 Å². The molecule has 0 radical (unpaired) electrons. The second-order valence-electron chi connectivity index (χ2n) is 5.61. The summed E-state index contributed by atoms with van der Waals surface area (Å²) in [7, 11) is 1.66. The van der Waals surface area contributed by atoms with E-state index in [0.717, 1.165) is 18.6 Å². The van der Waals surface area contributed by atoms with Gasteiger partial charge < -0.3 is 14.2 Å². The largest absolute Gasteiger partial charge is 0.488 e. The van der Waals surface area contributed by atoms with Gasteiger partial charge >= 0.3 is 0 Å². The third-order valence-electron chi connectivity index (χ3n) is 4.13. The van der Waals surface area contributed by atoms with E-state index < -0.39 is 0 Å². The van der Waals surface area contributed by atoms with Gasteiger partial charge in [0.25, 0.3) is 0 Å². The number of alkyl halides is 1. The Kier molecular flexibility index (Phi) is 6.34. The van der Waals surface area contributed by atoms with E-state index in [0.29, 0.717) is 19.1 Å². The minimum absolute atomic E-state index is 0.0336. The van der Waals surface area contributed by atoms with Crippen LogP contribution in [0.3, 0.4) is 0 Å². The Morgan fingerprint density at radius 2 is 1.95 bits per heavy atom. The average molecular weight is 313 g/mol. The predicted molar refractivity (Wildman–Crippen MR) is 85.4 cm³/mol. The van der Waals surface area contributed by atoms with Crippen molar-refractivity contribution in [3.05, 3.63) is 29.8 Å². The maximum absolute atomic E-state index is 6.19. The minimum Gasteiger partial charge on any atom is -0.488 e. The number of hydrogen-bond donors (Lipinski definition) is 0. The summed E-state index contributed by atoms with van der Waals surface area (Å²) in [5, 5.41) is 0.0336. The van der Waals surface area contributed by atoms with E-state index in [-0.39, 0.29) is 17.6 Å². The molecule has 1 aromatic rings. The van der Waals surface area contributed by atoms with Crippen molar-refractivity contribution in [1.29, 1.82) is 0 Å². The Morgan fingerprint density at radius 1 is 1.24 bits per heavy atom. The van der Waals surface area contributed by atoms with E-state index in [4.69, 9.17) is 25.8 Å². The zero-order valence-electron chi connectivity index (χ0n) is 13.0. The maximum atomic E-state index is 6.19. The van der Waals surface area contributed by atoms with E-state index in [9.17, 15) is 0 Å². The standard InChI is InChI=1S/C17H25ClO3/c1-4-12(2)13-5-7-14(8-6-13)21-16-11-15(18)17(16)20-10-9-19-3/h5-8,12,15-17H,4,9-11H2,1-3H3. The number of methoxy groups -OCH3 is 1. The number of halogens is 1. The van der Waals surface area contributed by atoms with Gasteiger partial charge in [0.05, 0.1) is 18.6 Å². The first-order valence-electron chi connectivity index (χ1n) is 7.67. The highest BCUT2D eigenvalue weighted by Crippen LogP contribution is 2.33. The highest BCUT2D eigenvalue weighted by molar-refractivity contribution is 6.21. The Labute approximate surface area is 132 Å². The normalized spacial score (nSPS) is 26.2. The lowest BCUT2D eigenvalue weighted by Gasteiger charge is -2.40. The zero-order valence-corrected chi connectivity index (χ0v) is 13.8. The van der Waals surface area contributed by atoms with Crippen LogP contribution >= 0.6 is 11.6 Å². The van der Waals surface area contributed by atoms with E-state index in [2.05, 4.69) is 26.0 Å². The topological polar surface area (TPSA) is 27.7 Å². The fraction of sp³-hybridized carbons (Fsp3) is 0.647. The molecule has 1 aromatic carbocycles. The molecule has 1 saturated carbocycles. The monoisotopic (exact) mass is 312 g/mol. The quantitative estimate of drug-likeness (QED) is 0.536. The third-order valence-corrected chi connectivity index (χ3v) is 4.55. The fourth-order valence-electron chi connectivity index (χ4n) is 2.41. The van der Waals surface area contributed by atoms with Gasteiger partial charge in [-0.1, -0.05) is 26.0 Å². The molecule has 118 valence electrons. The minimum atomic E-state index is -0.0453. The summed E-state index contributed by atoms with van der Waals surface area (Å²) in [4.78, 5) is 0. The molecule has 4 unspecified atom stereocenters. The Bertz CT molecular complexity index is 421. The molecule has 0 aromatic heterocycles. The van der Waals surface area contributed by atoms with Gasteiger partial charge in [-0.2, -0.15) is 0 Å². The van der Waals surface area contributed by atoms with Crippen molar-refractivity contribution in [2.45, 2.75) is 50.2 Å². The SMILES string of the molecule is CCC(C)c1ccc(OC2CC(Cl)C2OCCOC)cc1. The average Bonchev–Trinajstić information content (AvgIpc) is 2.51. The highest BCUT2D eigenvalue weighted by Gasteiger charge is 2.42. The molecule has 3 nitrogen and oxygen atoms in total. The van der Waals surface area contributed by atoms with Crippen LogP contribution in [0.5, 0.6) is 5.75 Å². The third kappa shape index (κ3) is 4.35. The molecular formula is C17H25ClO3. The van der Waals surface area contributed by atoms with E-state index in [1.165, 1.54) is 5.56 Å². The van der Waals surface area contributed by atoms with Gasteiger partial charge in [-0.05, 0) is 30.0 Å². The van der Waals surface area contributed by atoms with Crippen LogP contribution in [0.1, 0.15) is 38.2 Å². The van der Waals surface area contributed by atoms with Gasteiger partial charge in [0.1, 0.15) is 18.0 Å². The van der Waals surface area contributed by atoms with E-state index in [1.807, 2.05) is 12.1 Å². The smallest absolute Gasteiger partial charge is 0.128 e. The number of ether oxygens (including phenoxy) is 3. The van der Waals surface area contributed by atoms with Crippen molar-refractivity contribution in [3.63, 3.8) is 0 Å². The van der Waals surface area contributed by atoms with Crippen LogP contribution in [-0.2, 0) is 9.47 Å². The van der Waals surface area contributed by atoms with E-state index >= 15 is 0 Å². The lowest BCUT2D eigenvalue weighted by Crippen LogP contribution is -2.53. The molecule has 2 rings (SSSR count). The van der Waals surface area contributed by atoms with Crippen LogP contribution in [-0.4, -0.2) is 37.9 Å². The van der Waals surface area contributed by atoms with Crippen molar-refractivity contribution < 1.29 is 14.2 Å². The van der Waals surface area contributed by atoms with E-state index in [1.54, 1.807) is 7.11 Å². The van der Waals surface area contributed by atoms with Gasteiger partial charge in [0.15, 0.2) is 0 Å². The van der Waals surface area contributed by atoms with Gasteiger partial charge in [0.2, 0.25) is 0 Å². The van der Waals surface area contributed by atoms with Crippen molar-refractivity contribution in [2.75, 3.05) is 20.3 Å². The van der Waals surface area contributed by atoms with Crippen LogP contribution in [0.25, 0.3) is 0 Å². The lowest BCUT2D eigenvalue weighted by atomic mass is 9.91. The second-order valence-corrected chi connectivity index (χ2v) is 6.18. The van der Waals surface area contributed by atoms with Gasteiger partial charge in [0, 0.05) is 13.5 Å². The Balaban J connectivity index is 1.86. The molecule has 0 N–H and O–H groups in total. The van der Waals surface area contributed by atoms with Crippen molar-refractivity contribution in [3.8, 4) is 5.75 Å². The lowest BCUT2D eigenvalue weighted by molar-refractivity contribution is -0.0898. The molecular weight excluding hydrogens is 288 g/mol. The summed E-state index contributed by atoms with van der Waals surface area (Å²) in [6.45, 7) is 5.57. The summed E-state index contributed by atoms with van der Waals surface area (Å²) in [5.41, 5.74) is 1.35. The van der Waals surface area contributed by atoms with Crippen LogP contribution < -0.4 is 4.74 Å².